The standard InChI is InChI=1S/C23H24ClF3N4O3/c1-12(2)7-19(21(33)30-15(10-28)8-13-5-6-29-20(13)32)31-11-18(24)16-4-3-14(23(25,26)27)9-17(16)22(31)34/h3-4,9,11-13,15,19H,5-8H2,1-2H3,(H,29,32)(H,30,33)/t13-,15-,19-/m0/s1. The largest absolute Gasteiger partial charge is 0.416 e. The van der Waals surface area contributed by atoms with Crippen LogP contribution in [-0.4, -0.2) is 29.0 Å². The summed E-state index contributed by atoms with van der Waals surface area (Å²) in [6, 6.07) is 2.57. The van der Waals surface area contributed by atoms with Gasteiger partial charge in [-0.3, -0.25) is 14.4 Å². The highest BCUT2D eigenvalue weighted by Crippen LogP contribution is 2.33. The van der Waals surface area contributed by atoms with Gasteiger partial charge < -0.3 is 15.2 Å². The topological polar surface area (TPSA) is 104 Å². The fourth-order valence-electron chi connectivity index (χ4n) is 4.09. The summed E-state index contributed by atoms with van der Waals surface area (Å²) in [5.74, 6) is -1.32. The Morgan fingerprint density at radius 1 is 1.32 bits per heavy atom. The van der Waals surface area contributed by atoms with Crippen molar-refractivity contribution in [2.24, 2.45) is 11.8 Å². The molecule has 1 aromatic carbocycles. The van der Waals surface area contributed by atoms with Crippen molar-refractivity contribution in [2.75, 3.05) is 6.54 Å². The molecule has 1 aromatic heterocycles. The number of carbonyl (C=O) groups is 2. The molecule has 1 saturated heterocycles. The van der Waals surface area contributed by atoms with Crippen LogP contribution in [0.2, 0.25) is 5.02 Å². The maximum absolute atomic E-state index is 13.2. The molecule has 3 atom stereocenters. The number of fused-ring (bicyclic) bond motifs is 1. The van der Waals surface area contributed by atoms with E-state index in [9.17, 15) is 32.8 Å². The van der Waals surface area contributed by atoms with Gasteiger partial charge in [0.25, 0.3) is 5.56 Å². The van der Waals surface area contributed by atoms with Gasteiger partial charge in [-0.05, 0) is 37.3 Å². The summed E-state index contributed by atoms with van der Waals surface area (Å²) in [5.41, 5.74) is -1.80. The summed E-state index contributed by atoms with van der Waals surface area (Å²) in [5, 5.41) is 14.7. The van der Waals surface area contributed by atoms with Crippen LogP contribution in [0.25, 0.3) is 10.8 Å². The van der Waals surface area contributed by atoms with E-state index in [1.165, 1.54) is 6.20 Å². The van der Waals surface area contributed by atoms with Crippen molar-refractivity contribution in [3.63, 3.8) is 0 Å². The van der Waals surface area contributed by atoms with Crippen molar-refractivity contribution in [2.45, 2.75) is 51.4 Å². The van der Waals surface area contributed by atoms with E-state index in [2.05, 4.69) is 10.6 Å². The Morgan fingerprint density at radius 3 is 2.59 bits per heavy atom. The number of nitrogens with one attached hydrogen (secondary N) is 2. The van der Waals surface area contributed by atoms with Gasteiger partial charge in [0.1, 0.15) is 12.1 Å². The maximum Gasteiger partial charge on any atom is 0.416 e. The zero-order chi connectivity index (χ0) is 25.2. The van der Waals surface area contributed by atoms with Gasteiger partial charge in [-0.25, -0.2) is 0 Å². The second-order valence-electron chi connectivity index (χ2n) is 8.80. The molecule has 0 unspecified atom stereocenters. The summed E-state index contributed by atoms with van der Waals surface area (Å²) < 4.78 is 40.7. The molecule has 2 aromatic rings. The summed E-state index contributed by atoms with van der Waals surface area (Å²) in [4.78, 5) is 38.2. The molecule has 2 amide bonds. The smallest absolute Gasteiger partial charge is 0.356 e. The first-order valence-electron chi connectivity index (χ1n) is 10.8. The zero-order valence-corrected chi connectivity index (χ0v) is 19.3. The molecule has 182 valence electrons. The minimum atomic E-state index is -4.66. The zero-order valence-electron chi connectivity index (χ0n) is 18.6. The van der Waals surface area contributed by atoms with E-state index in [1.807, 2.05) is 19.9 Å². The lowest BCUT2D eigenvalue weighted by atomic mass is 9.97. The normalized spacial score (nSPS) is 17.9. The monoisotopic (exact) mass is 496 g/mol. The first kappa shape index (κ1) is 25.6. The summed E-state index contributed by atoms with van der Waals surface area (Å²) in [6.45, 7) is 4.14. The molecular formula is C23H24ClF3N4O3. The number of nitriles is 1. The molecule has 0 spiro atoms. The second kappa shape index (κ2) is 10.1. The van der Waals surface area contributed by atoms with E-state index in [0.29, 0.717) is 13.0 Å². The predicted octanol–water partition coefficient (Wildman–Crippen LogP) is 3.80. The van der Waals surface area contributed by atoms with Crippen molar-refractivity contribution in [1.29, 1.82) is 5.26 Å². The average molecular weight is 497 g/mol. The molecule has 0 bridgehead atoms. The molecular weight excluding hydrogens is 473 g/mol. The van der Waals surface area contributed by atoms with E-state index in [0.717, 1.165) is 22.8 Å². The molecule has 1 aliphatic rings. The highest BCUT2D eigenvalue weighted by atomic mass is 35.5. The highest BCUT2D eigenvalue weighted by molar-refractivity contribution is 6.35. The number of benzene rings is 1. The molecule has 2 N–H and O–H groups in total. The van der Waals surface area contributed by atoms with Crippen molar-refractivity contribution >= 4 is 34.2 Å². The number of amides is 2. The van der Waals surface area contributed by atoms with Gasteiger partial charge in [0, 0.05) is 29.4 Å². The van der Waals surface area contributed by atoms with Gasteiger partial charge in [0.2, 0.25) is 11.8 Å². The number of halogens is 4. The maximum atomic E-state index is 13.2. The second-order valence-corrected chi connectivity index (χ2v) is 9.20. The highest BCUT2D eigenvalue weighted by Gasteiger charge is 2.33. The molecule has 2 heterocycles. The van der Waals surface area contributed by atoms with Gasteiger partial charge in [-0.2, -0.15) is 18.4 Å². The number of pyridine rings is 1. The molecule has 0 aliphatic carbocycles. The molecule has 7 nitrogen and oxygen atoms in total. The molecule has 3 rings (SSSR count). The van der Waals surface area contributed by atoms with Crippen molar-refractivity contribution in [3.05, 3.63) is 45.3 Å². The number of aromatic nitrogens is 1. The summed E-state index contributed by atoms with van der Waals surface area (Å²) in [7, 11) is 0. The Balaban J connectivity index is 1.99. The van der Waals surface area contributed by atoms with Gasteiger partial charge >= 0.3 is 6.18 Å². The first-order chi connectivity index (χ1) is 15.9. The Morgan fingerprint density at radius 2 is 2.03 bits per heavy atom. The third-order valence-electron chi connectivity index (χ3n) is 5.81. The van der Waals surface area contributed by atoms with Crippen LogP contribution >= 0.6 is 11.6 Å². The molecule has 1 fully saturated rings. The van der Waals surface area contributed by atoms with Gasteiger partial charge in [0.05, 0.1) is 16.7 Å². The van der Waals surface area contributed by atoms with Crippen LogP contribution in [0.5, 0.6) is 0 Å². The molecule has 0 radical (unpaired) electrons. The molecule has 0 saturated carbocycles. The SMILES string of the molecule is CC(C)C[C@@H](C(=O)N[C@H](C#N)C[C@@H]1CCNC1=O)n1cc(Cl)c2ccc(C(F)(F)F)cc2c1=O. The minimum absolute atomic E-state index is 0.0179. The fraction of sp³-hybridized carbons (Fsp3) is 0.478. The van der Waals surface area contributed by atoms with Crippen LogP contribution in [-0.2, 0) is 15.8 Å². The number of rotatable bonds is 7. The van der Waals surface area contributed by atoms with Crippen LogP contribution in [0.1, 0.15) is 44.7 Å². The van der Waals surface area contributed by atoms with Crippen molar-refractivity contribution in [1.82, 2.24) is 15.2 Å². The number of carbonyl (C=O) groups excluding carboxylic acids is 2. The van der Waals surface area contributed by atoms with E-state index < -0.39 is 41.2 Å². The van der Waals surface area contributed by atoms with E-state index in [-0.39, 0.29) is 40.5 Å². The van der Waals surface area contributed by atoms with Crippen LogP contribution in [0.3, 0.4) is 0 Å². The number of alkyl halides is 3. The van der Waals surface area contributed by atoms with Gasteiger partial charge in [-0.15, -0.1) is 0 Å². The fourth-order valence-corrected chi connectivity index (χ4v) is 4.36. The lowest BCUT2D eigenvalue weighted by Gasteiger charge is -2.24. The van der Waals surface area contributed by atoms with E-state index >= 15 is 0 Å². The summed E-state index contributed by atoms with van der Waals surface area (Å²) >= 11 is 6.28. The average Bonchev–Trinajstić information content (AvgIpc) is 3.17. The van der Waals surface area contributed by atoms with Crippen LogP contribution in [0.4, 0.5) is 13.2 Å². The Bertz CT molecular complexity index is 1200. The Hall–Kier alpha value is -3.06. The number of hydrogen-bond acceptors (Lipinski definition) is 4. The third-order valence-corrected chi connectivity index (χ3v) is 6.11. The van der Waals surface area contributed by atoms with Crippen LogP contribution in [0, 0.1) is 23.2 Å². The van der Waals surface area contributed by atoms with Gasteiger partial charge in [-0.1, -0.05) is 31.5 Å². The summed E-state index contributed by atoms with van der Waals surface area (Å²) in [6.07, 6.45) is -2.59. The first-order valence-corrected chi connectivity index (χ1v) is 11.2. The lowest BCUT2D eigenvalue weighted by Crippen LogP contribution is -2.43. The molecule has 11 heteroatoms. The lowest BCUT2D eigenvalue weighted by molar-refractivity contribution is -0.137. The van der Waals surface area contributed by atoms with Gasteiger partial charge in [0.15, 0.2) is 0 Å². The number of nitrogens with zero attached hydrogens (tertiary/aromatic N) is 2. The van der Waals surface area contributed by atoms with E-state index in [4.69, 9.17) is 11.6 Å². The number of hydrogen-bond donors (Lipinski definition) is 2. The minimum Gasteiger partial charge on any atom is -0.356 e. The van der Waals surface area contributed by atoms with E-state index in [1.54, 1.807) is 0 Å². The Labute approximate surface area is 198 Å². The third kappa shape index (κ3) is 5.53. The predicted molar refractivity (Wildman–Crippen MR) is 120 cm³/mol. The van der Waals surface area contributed by atoms with Crippen LogP contribution in [0.15, 0.2) is 29.2 Å². The Kier molecular flexibility index (Phi) is 7.56. The van der Waals surface area contributed by atoms with Crippen LogP contribution < -0.4 is 16.2 Å². The molecule has 1 aliphatic heterocycles. The van der Waals surface area contributed by atoms with Crippen molar-refractivity contribution in [3.8, 4) is 6.07 Å². The van der Waals surface area contributed by atoms with Crippen molar-refractivity contribution < 1.29 is 22.8 Å². The molecule has 34 heavy (non-hydrogen) atoms. The quantitative estimate of drug-likeness (QED) is 0.608.